The molecule has 0 radical (unpaired) electrons. The molecule has 0 atom stereocenters. The molecule has 5 rings (SSSR count). The van der Waals surface area contributed by atoms with Crippen LogP contribution >= 0.6 is 11.8 Å². The minimum Gasteiger partial charge on any atom is -0.473 e. The predicted molar refractivity (Wildman–Crippen MR) is 152 cm³/mol. The lowest BCUT2D eigenvalue weighted by Crippen LogP contribution is -2.50. The average molecular weight is 572 g/mol. The van der Waals surface area contributed by atoms with E-state index in [9.17, 15) is 0 Å². The van der Waals surface area contributed by atoms with Crippen molar-refractivity contribution in [1.29, 1.82) is 0 Å². The summed E-state index contributed by atoms with van der Waals surface area (Å²) in [6, 6.07) is 15.5. The number of fused-ring (bicyclic) bond motifs is 2. The monoisotopic (exact) mass is 571 g/mol. The van der Waals surface area contributed by atoms with Crippen LogP contribution in [0.15, 0.2) is 52.9 Å². The number of unbranched alkanes of at least 4 members (excludes halogenated alkanes) is 1. The molecule has 11 nitrogen and oxygen atoms in total. The fraction of sp³-hybridized carbons (Fsp3) is 0.393. The summed E-state index contributed by atoms with van der Waals surface area (Å²) in [4.78, 5) is 46.6. The fourth-order valence-corrected chi connectivity index (χ4v) is 5.67. The van der Waals surface area contributed by atoms with Gasteiger partial charge in [0, 0.05) is 23.9 Å². The van der Waals surface area contributed by atoms with Gasteiger partial charge >= 0.3 is 23.9 Å². The number of likely N-dealkylation sites (tertiary alicyclic amines) is 1. The highest BCUT2D eigenvalue weighted by atomic mass is 32.2. The van der Waals surface area contributed by atoms with E-state index in [1.807, 2.05) is 0 Å². The van der Waals surface area contributed by atoms with E-state index in [0.29, 0.717) is 5.41 Å². The summed E-state index contributed by atoms with van der Waals surface area (Å²) in [6.07, 6.45) is 5.17. The Hall–Kier alpha value is -3.90. The van der Waals surface area contributed by atoms with Gasteiger partial charge < -0.3 is 30.2 Å². The van der Waals surface area contributed by atoms with E-state index < -0.39 is 23.9 Å². The minimum absolute atomic E-state index is 0.354. The summed E-state index contributed by atoms with van der Waals surface area (Å²) in [5.74, 6) is -7.30. The number of rotatable bonds is 4. The molecule has 40 heavy (non-hydrogen) atoms. The van der Waals surface area contributed by atoms with Crippen molar-refractivity contribution in [3.05, 3.63) is 53.4 Å². The number of hydrogen-bond donors (Lipinski definition) is 4. The molecule has 12 heteroatoms. The Balaban J connectivity index is 0.000000311. The quantitative estimate of drug-likeness (QED) is 0.394. The highest BCUT2D eigenvalue weighted by Gasteiger charge is 2.42. The van der Waals surface area contributed by atoms with Gasteiger partial charge in [0.2, 0.25) is 0 Å². The van der Waals surface area contributed by atoms with E-state index in [-0.39, 0.29) is 0 Å². The summed E-state index contributed by atoms with van der Waals surface area (Å²) in [5.41, 5.74) is 3.00. The second-order valence-electron chi connectivity index (χ2n) is 9.78. The second-order valence-corrected chi connectivity index (χ2v) is 10.6. The molecule has 0 saturated carbocycles. The topological polar surface area (TPSA) is 168 Å². The number of carbonyl (C=O) groups is 4. The molecule has 1 fully saturated rings. The standard InChI is InChI=1S/C24H29N3S.2C2H2O4/c1-2-3-12-26-13-10-24(11-14-26)17-25-23-27(18-24)22(16-28-23)21-9-8-19-6-4-5-7-20(19)15-21;2*3-1(4)2(5)6/h4-9,15-16H,2-3,10-14,17-18H2,1H3;2*(H,3,4)(H,5,6). The van der Waals surface area contributed by atoms with Crippen LogP contribution in [0.3, 0.4) is 0 Å². The smallest absolute Gasteiger partial charge is 0.414 e. The molecular weight excluding hydrogens is 538 g/mol. The molecule has 0 amide bonds. The van der Waals surface area contributed by atoms with Crippen molar-refractivity contribution >= 4 is 57.3 Å². The van der Waals surface area contributed by atoms with E-state index in [2.05, 4.69) is 64.6 Å². The number of piperidine rings is 1. The van der Waals surface area contributed by atoms with Crippen LogP contribution in [0.4, 0.5) is 0 Å². The largest absolute Gasteiger partial charge is 0.473 e. The summed E-state index contributed by atoms with van der Waals surface area (Å²) >= 11 is 1.80. The van der Waals surface area contributed by atoms with Crippen molar-refractivity contribution in [1.82, 2.24) is 9.80 Å². The maximum Gasteiger partial charge on any atom is 0.414 e. The van der Waals surface area contributed by atoms with Crippen molar-refractivity contribution in [2.75, 3.05) is 32.7 Å². The zero-order valence-corrected chi connectivity index (χ0v) is 23.0. The summed E-state index contributed by atoms with van der Waals surface area (Å²) in [6.45, 7) is 8.16. The first-order valence-electron chi connectivity index (χ1n) is 12.9. The van der Waals surface area contributed by atoms with Crippen LogP contribution in [0.5, 0.6) is 0 Å². The fourth-order valence-electron chi connectivity index (χ4n) is 4.76. The van der Waals surface area contributed by atoms with E-state index in [4.69, 9.17) is 44.6 Å². The van der Waals surface area contributed by atoms with Crippen molar-refractivity contribution in [2.45, 2.75) is 32.6 Å². The van der Waals surface area contributed by atoms with Crippen molar-refractivity contribution in [2.24, 2.45) is 10.4 Å². The van der Waals surface area contributed by atoms with Gasteiger partial charge in [-0.3, -0.25) is 4.99 Å². The Morgan fingerprint density at radius 2 is 1.50 bits per heavy atom. The molecule has 2 aromatic carbocycles. The first kappa shape index (κ1) is 30.6. The lowest BCUT2D eigenvalue weighted by atomic mass is 9.77. The van der Waals surface area contributed by atoms with Gasteiger partial charge in [-0.15, -0.1) is 0 Å². The molecule has 0 aromatic heterocycles. The van der Waals surface area contributed by atoms with Gasteiger partial charge in [0.1, 0.15) is 0 Å². The number of carboxylic acid groups (broad SMARTS) is 4. The SMILES string of the molecule is CCCCN1CCC2(CC1)CN=C1SC=C(c3ccc4ccccc4c3)N1C2.O=C(O)C(=O)O.O=C(O)C(=O)O. The molecular formula is C28H33N3O8S. The third-order valence-electron chi connectivity index (χ3n) is 7.00. The number of aliphatic imine (C=N–C) groups is 1. The van der Waals surface area contributed by atoms with Crippen LogP contribution in [0.1, 0.15) is 38.2 Å². The third-order valence-corrected chi connectivity index (χ3v) is 7.90. The molecule has 2 aromatic rings. The maximum absolute atomic E-state index is 9.10. The normalized spacial score (nSPS) is 17.4. The Bertz CT molecular complexity index is 1270. The van der Waals surface area contributed by atoms with Gasteiger partial charge in [-0.05, 0) is 61.3 Å². The van der Waals surface area contributed by atoms with Crippen LogP contribution in [-0.2, 0) is 19.2 Å². The number of hydrogen-bond acceptors (Lipinski definition) is 8. The molecule has 4 N–H and O–H groups in total. The number of benzene rings is 2. The van der Waals surface area contributed by atoms with Crippen molar-refractivity contribution < 1.29 is 39.6 Å². The minimum atomic E-state index is -1.82. The van der Waals surface area contributed by atoms with Gasteiger partial charge in [0.15, 0.2) is 5.17 Å². The first-order valence-corrected chi connectivity index (χ1v) is 13.8. The Labute approximate surface area is 235 Å². The van der Waals surface area contributed by atoms with Crippen LogP contribution in [0.2, 0.25) is 0 Å². The van der Waals surface area contributed by atoms with Crippen molar-refractivity contribution in [3.63, 3.8) is 0 Å². The molecule has 3 aliphatic rings. The molecule has 0 unspecified atom stereocenters. The number of thioether (sulfide) groups is 1. The molecule has 0 bridgehead atoms. The summed E-state index contributed by atoms with van der Waals surface area (Å²) in [5, 5.41) is 35.7. The number of carboxylic acids is 4. The molecule has 0 aliphatic carbocycles. The molecule has 214 valence electrons. The molecule has 1 spiro atoms. The molecule has 3 heterocycles. The maximum atomic E-state index is 9.10. The summed E-state index contributed by atoms with van der Waals surface area (Å²) in [7, 11) is 0. The van der Waals surface area contributed by atoms with Gasteiger partial charge in [0.05, 0.1) is 5.70 Å². The van der Waals surface area contributed by atoms with Crippen LogP contribution in [0.25, 0.3) is 16.5 Å². The zero-order chi connectivity index (χ0) is 29.3. The first-order chi connectivity index (χ1) is 19.0. The van der Waals surface area contributed by atoms with Gasteiger partial charge in [-0.25, -0.2) is 19.2 Å². The Morgan fingerprint density at radius 3 is 2.08 bits per heavy atom. The highest BCUT2D eigenvalue weighted by Crippen LogP contribution is 2.43. The van der Waals surface area contributed by atoms with Crippen LogP contribution in [0, 0.1) is 5.41 Å². The molecule has 3 aliphatic heterocycles. The van der Waals surface area contributed by atoms with Crippen LogP contribution < -0.4 is 0 Å². The van der Waals surface area contributed by atoms with E-state index >= 15 is 0 Å². The Kier molecular flexibility index (Phi) is 10.7. The zero-order valence-electron chi connectivity index (χ0n) is 22.2. The van der Waals surface area contributed by atoms with E-state index in [1.54, 1.807) is 11.8 Å². The third kappa shape index (κ3) is 8.06. The number of aliphatic carboxylic acids is 4. The van der Waals surface area contributed by atoms with Gasteiger partial charge in [0.25, 0.3) is 0 Å². The van der Waals surface area contributed by atoms with Gasteiger partial charge in [-0.1, -0.05) is 61.5 Å². The lowest BCUT2D eigenvalue weighted by molar-refractivity contribution is -0.159. The average Bonchev–Trinajstić information content (AvgIpc) is 3.36. The second kappa shape index (κ2) is 13.9. The van der Waals surface area contributed by atoms with Gasteiger partial charge in [-0.2, -0.15) is 0 Å². The number of nitrogens with zero attached hydrogens (tertiary/aromatic N) is 3. The van der Waals surface area contributed by atoms with Crippen molar-refractivity contribution in [3.8, 4) is 0 Å². The predicted octanol–water partition coefficient (Wildman–Crippen LogP) is 3.75. The number of amidine groups is 1. The van der Waals surface area contributed by atoms with E-state index in [0.717, 1.165) is 13.1 Å². The highest BCUT2D eigenvalue weighted by molar-refractivity contribution is 8.16. The lowest BCUT2D eigenvalue weighted by Gasteiger charge is -2.46. The molecule has 1 saturated heterocycles. The van der Waals surface area contributed by atoms with Crippen LogP contribution in [-0.4, -0.2) is 92.0 Å². The summed E-state index contributed by atoms with van der Waals surface area (Å²) < 4.78 is 0. The van der Waals surface area contributed by atoms with E-state index in [1.165, 1.54) is 72.5 Å². The Morgan fingerprint density at radius 1 is 0.900 bits per heavy atom.